The van der Waals surface area contributed by atoms with Crippen LogP contribution in [0.4, 0.5) is 0 Å². The molecule has 0 spiro atoms. The van der Waals surface area contributed by atoms with Crippen molar-refractivity contribution in [3.63, 3.8) is 0 Å². The van der Waals surface area contributed by atoms with Crippen molar-refractivity contribution in [3.8, 4) is 0 Å². The molecule has 0 heterocycles. The third-order valence-corrected chi connectivity index (χ3v) is 1.77. The smallest absolute Gasteiger partial charge is 0.0589 e. The van der Waals surface area contributed by atoms with Crippen molar-refractivity contribution < 1.29 is 4.74 Å². The first-order valence-electron chi connectivity index (χ1n) is 4.34. The third kappa shape index (κ3) is 7.82. The quantitative estimate of drug-likeness (QED) is 0.584. The fraction of sp³-hybridized carbons (Fsp3) is 1.00. The second-order valence-corrected chi connectivity index (χ2v) is 3.48. The van der Waals surface area contributed by atoms with Gasteiger partial charge in [-0.15, -0.1) is 0 Å². The Morgan fingerprint density at radius 1 is 1.27 bits per heavy atom. The third-order valence-electron chi connectivity index (χ3n) is 1.77. The lowest BCUT2D eigenvalue weighted by molar-refractivity contribution is 0.158. The number of likely N-dealkylation sites (N-methyl/N-ethyl adjacent to an activating group) is 1. The van der Waals surface area contributed by atoms with Crippen molar-refractivity contribution in [2.75, 3.05) is 33.9 Å². The SMILES string of the molecule is COCCN(C)CCC(C)C. The van der Waals surface area contributed by atoms with Crippen LogP contribution >= 0.6 is 0 Å². The molecule has 0 bridgehead atoms. The van der Waals surface area contributed by atoms with Crippen LogP contribution in [0.1, 0.15) is 20.3 Å². The molecule has 2 nitrogen and oxygen atoms in total. The summed E-state index contributed by atoms with van der Waals surface area (Å²) in [6.45, 7) is 7.58. The van der Waals surface area contributed by atoms with Crippen LogP contribution < -0.4 is 0 Å². The van der Waals surface area contributed by atoms with Crippen molar-refractivity contribution in [2.24, 2.45) is 5.92 Å². The number of rotatable bonds is 6. The van der Waals surface area contributed by atoms with E-state index in [9.17, 15) is 0 Å². The topological polar surface area (TPSA) is 12.5 Å². The van der Waals surface area contributed by atoms with Gasteiger partial charge in [-0.1, -0.05) is 13.8 Å². The van der Waals surface area contributed by atoms with E-state index < -0.39 is 0 Å². The van der Waals surface area contributed by atoms with Crippen LogP contribution in [-0.4, -0.2) is 38.8 Å². The lowest BCUT2D eigenvalue weighted by Crippen LogP contribution is -2.24. The van der Waals surface area contributed by atoms with Crippen molar-refractivity contribution in [2.45, 2.75) is 20.3 Å². The zero-order valence-corrected chi connectivity index (χ0v) is 8.26. The van der Waals surface area contributed by atoms with Crippen LogP contribution in [0.3, 0.4) is 0 Å². The van der Waals surface area contributed by atoms with Crippen molar-refractivity contribution in [1.82, 2.24) is 4.90 Å². The van der Waals surface area contributed by atoms with E-state index in [1.54, 1.807) is 7.11 Å². The number of hydrogen-bond donors (Lipinski definition) is 0. The molecular formula is C9H21NO. The summed E-state index contributed by atoms with van der Waals surface area (Å²) >= 11 is 0. The maximum absolute atomic E-state index is 4.98. The molecule has 68 valence electrons. The summed E-state index contributed by atoms with van der Waals surface area (Å²) in [5, 5.41) is 0. The van der Waals surface area contributed by atoms with Crippen LogP contribution in [0, 0.1) is 5.92 Å². The summed E-state index contributed by atoms with van der Waals surface area (Å²) in [4.78, 5) is 2.31. The molecule has 0 fully saturated rings. The summed E-state index contributed by atoms with van der Waals surface area (Å²) in [5.74, 6) is 0.806. The van der Waals surface area contributed by atoms with Crippen LogP contribution in [0.25, 0.3) is 0 Å². The lowest BCUT2D eigenvalue weighted by Gasteiger charge is -2.16. The predicted octanol–water partition coefficient (Wildman–Crippen LogP) is 1.61. The highest BCUT2D eigenvalue weighted by Gasteiger charge is 1.98. The van der Waals surface area contributed by atoms with E-state index in [-0.39, 0.29) is 0 Å². The van der Waals surface area contributed by atoms with Crippen molar-refractivity contribution in [1.29, 1.82) is 0 Å². The average molecular weight is 159 g/mol. The van der Waals surface area contributed by atoms with Crippen molar-refractivity contribution in [3.05, 3.63) is 0 Å². The molecule has 0 aliphatic carbocycles. The van der Waals surface area contributed by atoms with Crippen molar-refractivity contribution >= 4 is 0 Å². The number of ether oxygens (including phenoxy) is 1. The Labute approximate surface area is 70.5 Å². The molecule has 0 aliphatic heterocycles. The van der Waals surface area contributed by atoms with E-state index in [0.717, 1.165) is 19.1 Å². The number of nitrogens with zero attached hydrogens (tertiary/aromatic N) is 1. The van der Waals surface area contributed by atoms with Gasteiger partial charge in [0.2, 0.25) is 0 Å². The Morgan fingerprint density at radius 3 is 2.36 bits per heavy atom. The molecule has 0 rings (SSSR count). The minimum Gasteiger partial charge on any atom is -0.383 e. The molecule has 0 aromatic carbocycles. The fourth-order valence-corrected chi connectivity index (χ4v) is 0.838. The Bertz CT molecular complexity index is 83.6. The van der Waals surface area contributed by atoms with Gasteiger partial charge in [-0.25, -0.2) is 0 Å². The van der Waals surface area contributed by atoms with Crippen LogP contribution in [-0.2, 0) is 4.74 Å². The van der Waals surface area contributed by atoms with Gasteiger partial charge in [0.05, 0.1) is 6.61 Å². The van der Waals surface area contributed by atoms with Gasteiger partial charge < -0.3 is 9.64 Å². The predicted molar refractivity (Wildman–Crippen MR) is 48.8 cm³/mol. The summed E-state index contributed by atoms with van der Waals surface area (Å²) in [6, 6.07) is 0. The summed E-state index contributed by atoms with van der Waals surface area (Å²) in [7, 11) is 3.89. The summed E-state index contributed by atoms with van der Waals surface area (Å²) < 4.78 is 4.98. The highest BCUT2D eigenvalue weighted by atomic mass is 16.5. The van der Waals surface area contributed by atoms with Gasteiger partial charge in [0.25, 0.3) is 0 Å². The standard InChI is InChI=1S/C9H21NO/c1-9(2)5-6-10(3)7-8-11-4/h9H,5-8H2,1-4H3. The Balaban J connectivity index is 3.15. The minimum absolute atomic E-state index is 0.806. The maximum atomic E-state index is 4.98. The molecule has 0 saturated heterocycles. The first-order valence-corrected chi connectivity index (χ1v) is 4.34. The Kier molecular flexibility index (Phi) is 6.57. The summed E-state index contributed by atoms with van der Waals surface area (Å²) in [6.07, 6.45) is 1.28. The molecule has 0 atom stereocenters. The Hall–Kier alpha value is -0.0800. The molecule has 2 heteroatoms. The van der Waals surface area contributed by atoms with E-state index >= 15 is 0 Å². The summed E-state index contributed by atoms with van der Waals surface area (Å²) in [5.41, 5.74) is 0. The fourth-order valence-electron chi connectivity index (χ4n) is 0.838. The molecule has 0 aromatic rings. The molecular weight excluding hydrogens is 138 g/mol. The van der Waals surface area contributed by atoms with Gasteiger partial charge in [-0.3, -0.25) is 0 Å². The molecule has 0 unspecified atom stereocenters. The zero-order chi connectivity index (χ0) is 8.69. The lowest BCUT2D eigenvalue weighted by atomic mass is 10.1. The van der Waals surface area contributed by atoms with Gasteiger partial charge in [0, 0.05) is 13.7 Å². The van der Waals surface area contributed by atoms with Gasteiger partial charge in [-0.2, -0.15) is 0 Å². The second kappa shape index (κ2) is 6.62. The number of methoxy groups -OCH3 is 1. The van der Waals surface area contributed by atoms with E-state index in [1.807, 2.05) is 0 Å². The molecule has 0 amide bonds. The van der Waals surface area contributed by atoms with Crippen LogP contribution in [0.15, 0.2) is 0 Å². The van der Waals surface area contributed by atoms with Gasteiger partial charge in [0.1, 0.15) is 0 Å². The highest BCUT2D eigenvalue weighted by molar-refractivity contribution is 4.52. The van der Waals surface area contributed by atoms with E-state index in [1.165, 1.54) is 13.0 Å². The molecule has 0 aromatic heterocycles. The molecule has 0 saturated carbocycles. The molecule has 0 aliphatic rings. The first kappa shape index (κ1) is 10.9. The average Bonchev–Trinajstić information content (AvgIpc) is 1.97. The van der Waals surface area contributed by atoms with E-state index in [0.29, 0.717) is 0 Å². The van der Waals surface area contributed by atoms with Crippen LogP contribution in [0.5, 0.6) is 0 Å². The van der Waals surface area contributed by atoms with Crippen LogP contribution in [0.2, 0.25) is 0 Å². The van der Waals surface area contributed by atoms with Gasteiger partial charge >= 0.3 is 0 Å². The number of hydrogen-bond acceptors (Lipinski definition) is 2. The maximum Gasteiger partial charge on any atom is 0.0589 e. The monoisotopic (exact) mass is 159 g/mol. The zero-order valence-electron chi connectivity index (χ0n) is 8.26. The Morgan fingerprint density at radius 2 is 1.91 bits per heavy atom. The van der Waals surface area contributed by atoms with E-state index in [2.05, 4.69) is 25.8 Å². The molecule has 0 N–H and O–H groups in total. The largest absolute Gasteiger partial charge is 0.383 e. The van der Waals surface area contributed by atoms with Gasteiger partial charge in [-0.05, 0) is 25.9 Å². The molecule has 11 heavy (non-hydrogen) atoms. The molecule has 0 radical (unpaired) electrons. The minimum atomic E-state index is 0.806. The second-order valence-electron chi connectivity index (χ2n) is 3.48. The van der Waals surface area contributed by atoms with Gasteiger partial charge in [0.15, 0.2) is 0 Å². The first-order chi connectivity index (χ1) is 5.16. The highest BCUT2D eigenvalue weighted by Crippen LogP contribution is 1.99. The normalized spacial score (nSPS) is 11.5. The van der Waals surface area contributed by atoms with E-state index in [4.69, 9.17) is 4.74 Å².